The van der Waals surface area contributed by atoms with Crippen LogP contribution in [0.4, 0.5) is 0 Å². The fraction of sp³-hybridized carbons (Fsp3) is 1.00. The van der Waals surface area contributed by atoms with Gasteiger partial charge in [0.05, 0.1) is 12.7 Å². The summed E-state index contributed by atoms with van der Waals surface area (Å²) >= 11 is 0. The number of hydrogen-bond acceptors (Lipinski definition) is 3. The van der Waals surface area contributed by atoms with Crippen molar-refractivity contribution >= 4 is 0 Å². The standard InChI is InChI=1S/C11H23NO2/c1-9(12-11(2,3)8-13)7-10-5-4-6-14-10/h9-10,12-13H,4-8H2,1-3H3. The molecule has 0 radical (unpaired) electrons. The molecule has 0 aromatic carbocycles. The van der Waals surface area contributed by atoms with Gasteiger partial charge in [-0.25, -0.2) is 0 Å². The summed E-state index contributed by atoms with van der Waals surface area (Å²) < 4.78 is 5.57. The summed E-state index contributed by atoms with van der Waals surface area (Å²) in [6, 6.07) is 0.403. The number of aliphatic hydroxyl groups is 1. The largest absolute Gasteiger partial charge is 0.394 e. The van der Waals surface area contributed by atoms with Crippen molar-refractivity contribution in [3.8, 4) is 0 Å². The normalized spacial score (nSPS) is 25.3. The van der Waals surface area contributed by atoms with E-state index in [0.717, 1.165) is 13.0 Å². The molecule has 2 atom stereocenters. The second-order valence-electron chi connectivity index (χ2n) is 4.96. The van der Waals surface area contributed by atoms with Gasteiger partial charge in [0.25, 0.3) is 0 Å². The van der Waals surface area contributed by atoms with Crippen molar-refractivity contribution in [2.75, 3.05) is 13.2 Å². The molecule has 0 spiro atoms. The molecule has 1 saturated heterocycles. The van der Waals surface area contributed by atoms with Gasteiger partial charge in [-0.05, 0) is 40.0 Å². The molecule has 1 aliphatic heterocycles. The van der Waals surface area contributed by atoms with Crippen molar-refractivity contribution in [3.05, 3.63) is 0 Å². The molecule has 0 saturated carbocycles. The highest BCUT2D eigenvalue weighted by Crippen LogP contribution is 2.17. The van der Waals surface area contributed by atoms with Gasteiger partial charge >= 0.3 is 0 Å². The van der Waals surface area contributed by atoms with Gasteiger partial charge in [-0.1, -0.05) is 0 Å². The number of hydrogen-bond donors (Lipinski definition) is 2. The molecule has 84 valence electrons. The molecule has 1 aliphatic rings. The summed E-state index contributed by atoms with van der Waals surface area (Å²) in [5, 5.41) is 12.5. The van der Waals surface area contributed by atoms with Crippen LogP contribution in [0.5, 0.6) is 0 Å². The molecule has 0 aliphatic carbocycles. The van der Waals surface area contributed by atoms with Crippen molar-refractivity contribution < 1.29 is 9.84 Å². The summed E-state index contributed by atoms with van der Waals surface area (Å²) in [6.07, 6.45) is 3.85. The van der Waals surface area contributed by atoms with Gasteiger partial charge < -0.3 is 15.2 Å². The molecule has 1 heterocycles. The Morgan fingerprint density at radius 1 is 1.57 bits per heavy atom. The van der Waals surface area contributed by atoms with Crippen molar-refractivity contribution in [3.63, 3.8) is 0 Å². The maximum Gasteiger partial charge on any atom is 0.0607 e. The molecule has 2 N–H and O–H groups in total. The van der Waals surface area contributed by atoms with Crippen molar-refractivity contribution in [1.29, 1.82) is 0 Å². The number of nitrogens with one attached hydrogen (secondary N) is 1. The summed E-state index contributed by atoms with van der Waals surface area (Å²) in [5.41, 5.74) is -0.183. The summed E-state index contributed by atoms with van der Waals surface area (Å²) in [4.78, 5) is 0. The third-order valence-electron chi connectivity index (χ3n) is 2.67. The number of rotatable bonds is 5. The van der Waals surface area contributed by atoms with E-state index in [0.29, 0.717) is 12.1 Å². The molecule has 1 rings (SSSR count). The smallest absolute Gasteiger partial charge is 0.0607 e. The molecular weight excluding hydrogens is 178 g/mol. The van der Waals surface area contributed by atoms with Gasteiger partial charge in [0, 0.05) is 18.2 Å². The van der Waals surface area contributed by atoms with Crippen LogP contribution < -0.4 is 5.32 Å². The first-order chi connectivity index (χ1) is 6.53. The van der Waals surface area contributed by atoms with Crippen LogP contribution in [0.15, 0.2) is 0 Å². The lowest BCUT2D eigenvalue weighted by Crippen LogP contribution is -2.48. The van der Waals surface area contributed by atoms with Gasteiger partial charge in [0.2, 0.25) is 0 Å². The van der Waals surface area contributed by atoms with Crippen LogP contribution in [0.25, 0.3) is 0 Å². The number of aliphatic hydroxyl groups excluding tert-OH is 1. The second-order valence-corrected chi connectivity index (χ2v) is 4.96. The van der Waals surface area contributed by atoms with Gasteiger partial charge in [-0.15, -0.1) is 0 Å². The fourth-order valence-corrected chi connectivity index (χ4v) is 2.00. The van der Waals surface area contributed by atoms with E-state index in [-0.39, 0.29) is 12.1 Å². The predicted octanol–water partition coefficient (Wildman–Crippen LogP) is 1.30. The molecule has 3 nitrogen and oxygen atoms in total. The zero-order chi connectivity index (χ0) is 10.6. The Morgan fingerprint density at radius 2 is 2.29 bits per heavy atom. The van der Waals surface area contributed by atoms with E-state index in [4.69, 9.17) is 9.84 Å². The zero-order valence-electron chi connectivity index (χ0n) is 9.55. The maximum atomic E-state index is 9.11. The van der Waals surface area contributed by atoms with Crippen LogP contribution in [0, 0.1) is 0 Å². The van der Waals surface area contributed by atoms with E-state index in [1.54, 1.807) is 0 Å². The topological polar surface area (TPSA) is 41.5 Å². The quantitative estimate of drug-likeness (QED) is 0.704. The van der Waals surface area contributed by atoms with Crippen LogP contribution in [0.1, 0.15) is 40.0 Å². The molecule has 1 fully saturated rings. The van der Waals surface area contributed by atoms with Gasteiger partial charge in [-0.2, -0.15) is 0 Å². The van der Waals surface area contributed by atoms with Crippen LogP contribution in [-0.4, -0.2) is 36.0 Å². The predicted molar refractivity (Wildman–Crippen MR) is 57.4 cm³/mol. The third-order valence-corrected chi connectivity index (χ3v) is 2.67. The van der Waals surface area contributed by atoms with Crippen LogP contribution >= 0.6 is 0 Å². The highest BCUT2D eigenvalue weighted by atomic mass is 16.5. The Hall–Kier alpha value is -0.120. The highest BCUT2D eigenvalue weighted by Gasteiger charge is 2.23. The third kappa shape index (κ3) is 3.95. The number of ether oxygens (including phenoxy) is 1. The van der Waals surface area contributed by atoms with Crippen LogP contribution in [-0.2, 0) is 4.74 Å². The van der Waals surface area contributed by atoms with E-state index in [1.165, 1.54) is 12.8 Å². The Bertz CT molecular complexity index is 165. The lowest BCUT2D eigenvalue weighted by Gasteiger charge is -2.29. The zero-order valence-corrected chi connectivity index (χ0v) is 9.55. The molecule has 14 heavy (non-hydrogen) atoms. The second kappa shape index (κ2) is 5.10. The van der Waals surface area contributed by atoms with Crippen LogP contribution in [0.2, 0.25) is 0 Å². The molecule has 0 aromatic rings. The lowest BCUT2D eigenvalue weighted by molar-refractivity contribution is 0.0883. The lowest BCUT2D eigenvalue weighted by atomic mass is 10.0. The van der Waals surface area contributed by atoms with E-state index >= 15 is 0 Å². The van der Waals surface area contributed by atoms with Gasteiger partial charge in [0.1, 0.15) is 0 Å². The Labute approximate surface area is 86.8 Å². The van der Waals surface area contributed by atoms with Crippen molar-refractivity contribution in [2.45, 2.75) is 57.7 Å². The Balaban J connectivity index is 2.23. The van der Waals surface area contributed by atoms with E-state index in [1.807, 2.05) is 13.8 Å². The van der Waals surface area contributed by atoms with E-state index in [9.17, 15) is 0 Å². The molecule has 2 unspecified atom stereocenters. The van der Waals surface area contributed by atoms with E-state index < -0.39 is 0 Å². The first-order valence-electron chi connectivity index (χ1n) is 5.53. The monoisotopic (exact) mass is 201 g/mol. The van der Waals surface area contributed by atoms with Crippen molar-refractivity contribution in [2.24, 2.45) is 0 Å². The summed E-state index contributed by atoms with van der Waals surface area (Å²) in [5.74, 6) is 0. The average molecular weight is 201 g/mol. The molecule has 0 amide bonds. The minimum atomic E-state index is -0.183. The molecule has 0 bridgehead atoms. The minimum absolute atomic E-state index is 0.170. The molecule has 0 aromatic heterocycles. The van der Waals surface area contributed by atoms with Crippen LogP contribution in [0.3, 0.4) is 0 Å². The minimum Gasteiger partial charge on any atom is -0.394 e. The Morgan fingerprint density at radius 3 is 2.79 bits per heavy atom. The molecular formula is C11H23NO2. The van der Waals surface area contributed by atoms with E-state index in [2.05, 4.69) is 12.2 Å². The molecule has 3 heteroatoms. The maximum absolute atomic E-state index is 9.11. The fourth-order valence-electron chi connectivity index (χ4n) is 2.00. The van der Waals surface area contributed by atoms with Crippen molar-refractivity contribution in [1.82, 2.24) is 5.32 Å². The highest BCUT2D eigenvalue weighted by molar-refractivity contribution is 4.81. The SMILES string of the molecule is CC(CC1CCCO1)NC(C)(C)CO. The first-order valence-corrected chi connectivity index (χ1v) is 5.53. The average Bonchev–Trinajstić information content (AvgIpc) is 2.55. The summed E-state index contributed by atoms with van der Waals surface area (Å²) in [6.45, 7) is 7.26. The summed E-state index contributed by atoms with van der Waals surface area (Å²) in [7, 11) is 0. The van der Waals surface area contributed by atoms with Gasteiger partial charge in [-0.3, -0.25) is 0 Å². The van der Waals surface area contributed by atoms with Gasteiger partial charge in [0.15, 0.2) is 0 Å². The Kier molecular flexibility index (Phi) is 4.35. The first kappa shape index (κ1) is 12.0.